The number of cyclic esters (lactones) is 1. The summed E-state index contributed by atoms with van der Waals surface area (Å²) in [6.45, 7) is 0.817. The standard InChI is InChI=1S/C21H21NO7/c1-22-7-6-10-8-13-20(28-9-27-13)17(23)14(10)16(22)18-11-4-5-12(25-2)19(26-3)15(11)21(24)29-18/h4-5,8,16,18,23H,6-7,9H2,1-3H3/t16-,18-/m0/s1. The Kier molecular flexibility index (Phi) is 3.99. The third kappa shape index (κ3) is 2.45. The number of carbonyl (C=O) groups excluding carboxylic acids is 1. The molecule has 3 heterocycles. The number of esters is 1. The number of benzene rings is 2. The quantitative estimate of drug-likeness (QED) is 0.789. The minimum absolute atomic E-state index is 0.0384. The summed E-state index contributed by atoms with van der Waals surface area (Å²) in [7, 11) is 4.96. The average molecular weight is 399 g/mol. The normalized spacial score (nSPS) is 22.1. The van der Waals surface area contributed by atoms with Crippen LogP contribution in [-0.4, -0.2) is 50.6 Å². The van der Waals surface area contributed by atoms with Gasteiger partial charge in [-0.1, -0.05) is 6.07 Å². The molecule has 0 amide bonds. The smallest absolute Gasteiger partial charge is 0.343 e. The highest BCUT2D eigenvalue weighted by Crippen LogP contribution is 2.54. The predicted molar refractivity (Wildman–Crippen MR) is 101 cm³/mol. The summed E-state index contributed by atoms with van der Waals surface area (Å²) in [5, 5.41) is 11.0. The van der Waals surface area contributed by atoms with Crippen LogP contribution < -0.4 is 18.9 Å². The van der Waals surface area contributed by atoms with Crippen LogP contribution in [0.1, 0.15) is 39.2 Å². The molecule has 0 spiro atoms. The van der Waals surface area contributed by atoms with E-state index in [2.05, 4.69) is 4.90 Å². The van der Waals surface area contributed by atoms with Crippen molar-refractivity contribution in [2.24, 2.45) is 0 Å². The first-order valence-corrected chi connectivity index (χ1v) is 9.35. The molecule has 5 rings (SSSR count). The average Bonchev–Trinajstić information content (AvgIpc) is 3.32. The zero-order valence-electron chi connectivity index (χ0n) is 16.4. The van der Waals surface area contributed by atoms with E-state index in [1.165, 1.54) is 14.2 Å². The van der Waals surface area contributed by atoms with Gasteiger partial charge >= 0.3 is 5.97 Å². The van der Waals surface area contributed by atoms with Crippen molar-refractivity contribution in [3.05, 3.63) is 40.5 Å². The first kappa shape index (κ1) is 17.9. The molecule has 2 aromatic rings. The summed E-state index contributed by atoms with van der Waals surface area (Å²) >= 11 is 0. The van der Waals surface area contributed by atoms with Gasteiger partial charge in [0.25, 0.3) is 0 Å². The number of hydrogen-bond acceptors (Lipinski definition) is 8. The lowest BCUT2D eigenvalue weighted by molar-refractivity contribution is 0.00872. The first-order chi connectivity index (χ1) is 14.0. The van der Waals surface area contributed by atoms with Crippen molar-refractivity contribution in [1.29, 1.82) is 0 Å². The maximum Gasteiger partial charge on any atom is 0.343 e. The molecule has 29 heavy (non-hydrogen) atoms. The molecule has 3 aliphatic rings. The Morgan fingerprint density at radius 2 is 2.03 bits per heavy atom. The number of rotatable bonds is 3. The van der Waals surface area contributed by atoms with Crippen molar-refractivity contribution < 1.29 is 33.6 Å². The molecule has 8 nitrogen and oxygen atoms in total. The van der Waals surface area contributed by atoms with E-state index >= 15 is 0 Å². The van der Waals surface area contributed by atoms with Gasteiger partial charge in [0.05, 0.1) is 20.3 Å². The number of aromatic hydroxyl groups is 1. The van der Waals surface area contributed by atoms with Crippen LogP contribution in [0.25, 0.3) is 0 Å². The number of ether oxygens (including phenoxy) is 5. The number of carbonyl (C=O) groups is 1. The second-order valence-corrected chi connectivity index (χ2v) is 7.30. The molecule has 152 valence electrons. The Balaban J connectivity index is 1.67. The number of hydrogen-bond donors (Lipinski definition) is 1. The maximum atomic E-state index is 12.8. The topological polar surface area (TPSA) is 86.7 Å². The van der Waals surface area contributed by atoms with Gasteiger partial charge in [0, 0.05) is 17.7 Å². The van der Waals surface area contributed by atoms with E-state index in [0.717, 1.165) is 18.5 Å². The zero-order chi connectivity index (χ0) is 20.3. The summed E-state index contributed by atoms with van der Waals surface area (Å²) in [5.41, 5.74) is 2.72. The number of nitrogens with zero attached hydrogens (tertiary/aromatic N) is 1. The Morgan fingerprint density at radius 1 is 1.21 bits per heavy atom. The molecule has 2 aromatic carbocycles. The monoisotopic (exact) mass is 399 g/mol. The van der Waals surface area contributed by atoms with Gasteiger partial charge in [-0.05, 0) is 31.2 Å². The summed E-state index contributed by atoms with van der Waals surface area (Å²) in [4.78, 5) is 14.9. The van der Waals surface area contributed by atoms with Crippen LogP contribution in [0.3, 0.4) is 0 Å². The third-order valence-electron chi connectivity index (χ3n) is 5.88. The van der Waals surface area contributed by atoms with E-state index in [9.17, 15) is 9.90 Å². The number of phenols is 1. The molecule has 8 heteroatoms. The Labute approximate surface area is 167 Å². The molecule has 0 fully saturated rings. The lowest BCUT2D eigenvalue weighted by atomic mass is 9.85. The van der Waals surface area contributed by atoms with E-state index in [4.69, 9.17) is 23.7 Å². The van der Waals surface area contributed by atoms with Gasteiger partial charge in [-0.15, -0.1) is 0 Å². The van der Waals surface area contributed by atoms with Gasteiger partial charge in [0.2, 0.25) is 12.5 Å². The fourth-order valence-corrected chi connectivity index (χ4v) is 4.53. The second kappa shape index (κ2) is 6.45. The number of fused-ring (bicyclic) bond motifs is 3. The Morgan fingerprint density at radius 3 is 2.79 bits per heavy atom. The van der Waals surface area contributed by atoms with Gasteiger partial charge in [-0.2, -0.15) is 0 Å². The Bertz CT molecular complexity index is 1020. The maximum absolute atomic E-state index is 12.8. The summed E-state index contributed by atoms with van der Waals surface area (Å²) < 4.78 is 27.5. The van der Waals surface area contributed by atoms with E-state index in [1.807, 2.05) is 19.2 Å². The largest absolute Gasteiger partial charge is 0.504 e. The molecule has 0 bridgehead atoms. The molecule has 3 aliphatic heterocycles. The van der Waals surface area contributed by atoms with Gasteiger partial charge < -0.3 is 28.8 Å². The Hall–Kier alpha value is -3.13. The predicted octanol–water partition coefficient (Wildman–Crippen LogP) is 2.58. The minimum Gasteiger partial charge on any atom is -0.504 e. The van der Waals surface area contributed by atoms with Gasteiger partial charge in [-0.25, -0.2) is 4.79 Å². The van der Waals surface area contributed by atoms with Crippen molar-refractivity contribution in [2.75, 3.05) is 34.6 Å². The van der Waals surface area contributed by atoms with Crippen molar-refractivity contribution in [2.45, 2.75) is 18.6 Å². The van der Waals surface area contributed by atoms with Crippen molar-refractivity contribution in [3.8, 4) is 28.7 Å². The third-order valence-corrected chi connectivity index (χ3v) is 5.88. The van der Waals surface area contributed by atoms with E-state index in [-0.39, 0.29) is 18.6 Å². The number of methoxy groups -OCH3 is 2. The molecular formula is C21H21NO7. The molecule has 0 radical (unpaired) electrons. The van der Waals surface area contributed by atoms with E-state index < -0.39 is 12.1 Å². The fourth-order valence-electron chi connectivity index (χ4n) is 4.53. The van der Waals surface area contributed by atoms with Gasteiger partial charge in [-0.3, -0.25) is 4.90 Å². The van der Waals surface area contributed by atoms with Crippen LogP contribution >= 0.6 is 0 Å². The highest BCUT2D eigenvalue weighted by molar-refractivity contribution is 5.98. The summed E-state index contributed by atoms with van der Waals surface area (Å²) in [6.07, 6.45) is 0.138. The number of phenolic OH excluding ortho intramolecular Hbond substituents is 1. The lowest BCUT2D eigenvalue weighted by Crippen LogP contribution is -2.36. The van der Waals surface area contributed by atoms with Crippen LogP contribution in [0, 0.1) is 0 Å². The minimum atomic E-state index is -0.604. The first-order valence-electron chi connectivity index (χ1n) is 9.35. The molecule has 0 unspecified atom stereocenters. The van der Waals surface area contributed by atoms with Gasteiger partial charge in [0.15, 0.2) is 23.0 Å². The molecule has 0 aliphatic carbocycles. The fraction of sp³-hybridized carbons (Fsp3) is 0.381. The molecule has 0 saturated carbocycles. The van der Waals surface area contributed by atoms with Crippen molar-refractivity contribution in [1.82, 2.24) is 4.90 Å². The SMILES string of the molecule is COc1ccc2c(c1OC)C(=O)O[C@@H]2[C@@H]1c2c(cc3c(c2O)OCO3)CCN1C. The van der Waals surface area contributed by atoms with Crippen molar-refractivity contribution in [3.63, 3.8) is 0 Å². The van der Waals surface area contributed by atoms with Crippen LogP contribution in [0.4, 0.5) is 0 Å². The summed E-state index contributed by atoms with van der Waals surface area (Å²) in [5.74, 6) is 1.26. The molecular weight excluding hydrogens is 378 g/mol. The number of likely N-dealkylation sites (N-methyl/N-ethyl adjacent to an activating group) is 1. The second-order valence-electron chi connectivity index (χ2n) is 7.30. The van der Waals surface area contributed by atoms with Crippen molar-refractivity contribution >= 4 is 5.97 Å². The van der Waals surface area contributed by atoms with E-state index in [1.54, 1.807) is 6.07 Å². The molecule has 0 aromatic heterocycles. The molecule has 2 atom stereocenters. The van der Waals surface area contributed by atoms with Gasteiger partial charge in [0.1, 0.15) is 11.7 Å². The lowest BCUT2D eigenvalue weighted by Gasteiger charge is -2.38. The molecule has 0 saturated heterocycles. The van der Waals surface area contributed by atoms with Crippen LogP contribution in [-0.2, 0) is 11.2 Å². The van der Waals surface area contributed by atoms with Crippen LogP contribution in [0.15, 0.2) is 18.2 Å². The summed E-state index contributed by atoms with van der Waals surface area (Å²) in [6, 6.07) is 5.11. The zero-order valence-corrected chi connectivity index (χ0v) is 16.4. The van der Waals surface area contributed by atoms with Crippen LogP contribution in [0.2, 0.25) is 0 Å². The molecule has 1 N–H and O–H groups in total. The van der Waals surface area contributed by atoms with E-state index in [0.29, 0.717) is 39.7 Å². The van der Waals surface area contributed by atoms with Crippen LogP contribution in [0.5, 0.6) is 28.7 Å². The highest BCUT2D eigenvalue weighted by atomic mass is 16.7. The highest BCUT2D eigenvalue weighted by Gasteiger charge is 2.45.